The largest absolute Gasteiger partial charge is 0.396 e. The third-order valence-electron chi connectivity index (χ3n) is 2.45. The van der Waals surface area contributed by atoms with Crippen LogP contribution >= 0.6 is 23.2 Å². The van der Waals surface area contributed by atoms with Gasteiger partial charge in [-0.25, -0.2) is 0 Å². The Bertz CT molecular complexity index is 421. The fourth-order valence-corrected chi connectivity index (χ4v) is 1.84. The molecule has 1 N–H and O–H groups in total. The van der Waals surface area contributed by atoms with Crippen LogP contribution in [0.15, 0.2) is 6.07 Å². The van der Waals surface area contributed by atoms with Gasteiger partial charge in [-0.05, 0) is 6.07 Å². The predicted molar refractivity (Wildman–Crippen MR) is 58.5 cm³/mol. The number of carbonyl (C=O) groups is 1. The summed E-state index contributed by atoms with van der Waals surface area (Å²) in [5.41, 5.74) is 0.248. The summed E-state index contributed by atoms with van der Waals surface area (Å²) in [6.45, 7) is 1.16. The third-order valence-corrected chi connectivity index (χ3v) is 2.92. The zero-order valence-corrected chi connectivity index (χ0v) is 9.74. The van der Waals surface area contributed by atoms with Gasteiger partial charge < -0.3 is 10.0 Å². The topological polar surface area (TPSA) is 66.3 Å². The van der Waals surface area contributed by atoms with Gasteiger partial charge in [0.2, 0.25) is 0 Å². The first-order valence-electron chi connectivity index (χ1n) is 4.70. The normalized spacial score (nSPS) is 16.1. The molecule has 86 valence electrons. The van der Waals surface area contributed by atoms with E-state index in [4.69, 9.17) is 28.3 Å². The van der Waals surface area contributed by atoms with Crippen LogP contribution in [0.1, 0.15) is 10.4 Å². The van der Waals surface area contributed by atoms with Crippen molar-refractivity contribution in [3.05, 3.63) is 21.9 Å². The number of aliphatic hydroxyl groups is 1. The Morgan fingerprint density at radius 1 is 1.50 bits per heavy atom. The SMILES string of the molecule is O=C(c1cc(Cl)nnc1Cl)N1CC(CO)C1. The van der Waals surface area contributed by atoms with Crippen molar-refractivity contribution in [2.75, 3.05) is 19.7 Å². The lowest BCUT2D eigenvalue weighted by atomic mass is 10.0. The molecule has 2 heterocycles. The third kappa shape index (κ3) is 2.11. The van der Waals surface area contributed by atoms with E-state index in [0.29, 0.717) is 13.1 Å². The smallest absolute Gasteiger partial charge is 0.257 e. The molecule has 0 bridgehead atoms. The minimum absolute atomic E-state index is 0.0434. The van der Waals surface area contributed by atoms with Gasteiger partial charge in [0.05, 0.1) is 5.56 Å². The molecule has 0 aliphatic carbocycles. The molecule has 2 rings (SSSR count). The van der Waals surface area contributed by atoms with Crippen LogP contribution in [0.5, 0.6) is 0 Å². The molecule has 0 unspecified atom stereocenters. The second kappa shape index (κ2) is 4.53. The molecule has 0 spiro atoms. The van der Waals surface area contributed by atoms with Gasteiger partial charge in [0.25, 0.3) is 5.91 Å². The maximum Gasteiger partial charge on any atom is 0.257 e. The number of aromatic nitrogens is 2. The van der Waals surface area contributed by atoms with E-state index in [9.17, 15) is 4.79 Å². The van der Waals surface area contributed by atoms with E-state index in [1.165, 1.54) is 6.07 Å². The molecule has 1 aromatic rings. The number of halogens is 2. The summed E-state index contributed by atoms with van der Waals surface area (Å²) in [7, 11) is 0. The molecule has 5 nitrogen and oxygen atoms in total. The van der Waals surface area contributed by atoms with Crippen LogP contribution in [-0.2, 0) is 0 Å². The van der Waals surface area contributed by atoms with Crippen LogP contribution in [0.3, 0.4) is 0 Å². The lowest BCUT2D eigenvalue weighted by Crippen LogP contribution is -2.51. The molecule has 16 heavy (non-hydrogen) atoms. The molecule has 1 aliphatic rings. The van der Waals surface area contributed by atoms with Crippen LogP contribution in [0.4, 0.5) is 0 Å². The Hall–Kier alpha value is -0.910. The molecule has 0 saturated carbocycles. The number of rotatable bonds is 2. The minimum Gasteiger partial charge on any atom is -0.396 e. The summed E-state index contributed by atoms with van der Waals surface area (Å²) in [5.74, 6) is -0.0699. The number of hydrogen-bond donors (Lipinski definition) is 1. The average molecular weight is 262 g/mol. The summed E-state index contributed by atoms with van der Waals surface area (Å²) >= 11 is 11.4. The van der Waals surface area contributed by atoms with E-state index in [0.717, 1.165) is 0 Å². The molecule has 1 amide bonds. The quantitative estimate of drug-likeness (QED) is 0.857. The predicted octanol–water partition coefficient (Wildman–Crippen LogP) is 0.848. The number of aliphatic hydroxyl groups excluding tert-OH is 1. The second-order valence-corrected chi connectivity index (χ2v) is 4.38. The Labute approximate surface area is 102 Å². The van der Waals surface area contributed by atoms with Crippen molar-refractivity contribution in [2.24, 2.45) is 5.92 Å². The minimum atomic E-state index is -0.230. The first-order valence-corrected chi connectivity index (χ1v) is 5.46. The van der Waals surface area contributed by atoms with E-state index >= 15 is 0 Å². The summed E-state index contributed by atoms with van der Waals surface area (Å²) in [5, 5.41) is 16.1. The highest BCUT2D eigenvalue weighted by Crippen LogP contribution is 2.22. The molecule has 0 radical (unpaired) electrons. The van der Waals surface area contributed by atoms with Gasteiger partial charge in [-0.15, -0.1) is 10.2 Å². The van der Waals surface area contributed by atoms with Crippen molar-refractivity contribution in [1.82, 2.24) is 15.1 Å². The van der Waals surface area contributed by atoms with Crippen molar-refractivity contribution in [3.8, 4) is 0 Å². The second-order valence-electron chi connectivity index (χ2n) is 3.63. The molecule has 1 aliphatic heterocycles. The van der Waals surface area contributed by atoms with E-state index in [2.05, 4.69) is 10.2 Å². The molecule has 0 atom stereocenters. The van der Waals surface area contributed by atoms with Crippen molar-refractivity contribution in [3.63, 3.8) is 0 Å². The van der Waals surface area contributed by atoms with Gasteiger partial charge in [0.15, 0.2) is 10.3 Å². The van der Waals surface area contributed by atoms with Gasteiger partial charge in [-0.2, -0.15) is 0 Å². The summed E-state index contributed by atoms with van der Waals surface area (Å²) in [4.78, 5) is 13.5. The maximum atomic E-state index is 11.9. The van der Waals surface area contributed by atoms with Crippen LogP contribution in [-0.4, -0.2) is 45.8 Å². The Morgan fingerprint density at radius 3 is 2.81 bits per heavy atom. The van der Waals surface area contributed by atoms with E-state index in [1.807, 2.05) is 0 Å². The molecule has 1 aromatic heterocycles. The first kappa shape index (κ1) is 11.6. The number of nitrogens with zero attached hydrogens (tertiary/aromatic N) is 3. The van der Waals surface area contributed by atoms with Gasteiger partial charge in [0, 0.05) is 25.6 Å². The Morgan fingerprint density at radius 2 is 2.19 bits per heavy atom. The van der Waals surface area contributed by atoms with E-state index < -0.39 is 0 Å². The molecule has 1 saturated heterocycles. The highest BCUT2D eigenvalue weighted by molar-refractivity contribution is 6.34. The van der Waals surface area contributed by atoms with Gasteiger partial charge in [0.1, 0.15) is 0 Å². The Balaban J connectivity index is 2.13. The lowest BCUT2D eigenvalue weighted by molar-refractivity contribution is 0.0361. The fourth-order valence-electron chi connectivity index (χ4n) is 1.52. The molecular formula is C9H9Cl2N3O2. The van der Waals surface area contributed by atoms with Gasteiger partial charge in [-0.1, -0.05) is 23.2 Å². The van der Waals surface area contributed by atoms with Crippen LogP contribution < -0.4 is 0 Å². The monoisotopic (exact) mass is 261 g/mol. The molecule has 1 fully saturated rings. The number of likely N-dealkylation sites (tertiary alicyclic amines) is 1. The van der Waals surface area contributed by atoms with Crippen molar-refractivity contribution < 1.29 is 9.90 Å². The molecule has 0 aromatic carbocycles. The van der Waals surface area contributed by atoms with Crippen LogP contribution in [0, 0.1) is 5.92 Å². The summed E-state index contributed by atoms with van der Waals surface area (Å²) < 4.78 is 0. The van der Waals surface area contributed by atoms with E-state index in [-0.39, 0.29) is 34.3 Å². The van der Waals surface area contributed by atoms with Crippen molar-refractivity contribution in [2.45, 2.75) is 0 Å². The van der Waals surface area contributed by atoms with Crippen molar-refractivity contribution >= 4 is 29.1 Å². The fraction of sp³-hybridized carbons (Fsp3) is 0.444. The molecule has 7 heteroatoms. The average Bonchev–Trinajstić information content (AvgIpc) is 2.20. The highest BCUT2D eigenvalue weighted by atomic mass is 35.5. The summed E-state index contributed by atoms with van der Waals surface area (Å²) in [6.07, 6.45) is 0. The van der Waals surface area contributed by atoms with Crippen LogP contribution in [0.2, 0.25) is 10.3 Å². The summed E-state index contributed by atoms with van der Waals surface area (Å²) in [6, 6.07) is 1.39. The number of carbonyl (C=O) groups excluding carboxylic acids is 1. The molecular weight excluding hydrogens is 253 g/mol. The zero-order valence-electron chi connectivity index (χ0n) is 8.23. The number of amides is 1. The standard InChI is InChI=1S/C9H9Cl2N3O2/c10-7-1-6(8(11)13-12-7)9(16)14-2-5(3-14)4-15/h1,5,15H,2-4H2. The lowest BCUT2D eigenvalue weighted by Gasteiger charge is -2.38. The highest BCUT2D eigenvalue weighted by Gasteiger charge is 2.31. The van der Waals surface area contributed by atoms with Gasteiger partial charge >= 0.3 is 0 Å². The van der Waals surface area contributed by atoms with E-state index in [1.54, 1.807) is 4.90 Å². The Kier molecular flexibility index (Phi) is 3.28. The maximum absolute atomic E-state index is 11.9. The first-order chi connectivity index (χ1) is 7.61. The number of hydrogen-bond acceptors (Lipinski definition) is 4. The zero-order chi connectivity index (χ0) is 11.7. The van der Waals surface area contributed by atoms with Gasteiger partial charge in [-0.3, -0.25) is 4.79 Å². The van der Waals surface area contributed by atoms with Crippen LogP contribution in [0.25, 0.3) is 0 Å². The van der Waals surface area contributed by atoms with Crippen molar-refractivity contribution in [1.29, 1.82) is 0 Å².